The maximum atomic E-state index is 11.4. The molecule has 1 aliphatic heterocycles. The average molecular weight is 253 g/mol. The third kappa shape index (κ3) is 3.25. The summed E-state index contributed by atoms with van der Waals surface area (Å²) in [5.41, 5.74) is 0.656. The normalized spacial score (nSPS) is 25.9. The van der Waals surface area contributed by atoms with Gasteiger partial charge in [0.05, 0.1) is 13.0 Å². The van der Waals surface area contributed by atoms with Crippen LogP contribution in [0.25, 0.3) is 0 Å². The maximum Gasteiger partial charge on any atom is 0.309 e. The van der Waals surface area contributed by atoms with Crippen LogP contribution in [0, 0.1) is 11.3 Å². The van der Waals surface area contributed by atoms with Gasteiger partial charge in [-0.15, -0.1) is 0 Å². The topological polar surface area (TPSA) is 29.5 Å². The first-order valence-electron chi connectivity index (χ1n) is 7.45. The number of hydrogen-bond acceptors (Lipinski definition) is 3. The number of esters is 1. The Kier molecular flexibility index (Phi) is 4.66. The molecule has 0 aromatic carbocycles. The standard InChI is InChI=1S/C15H27NO2/c1-13(14(17)18-2)12-16-10-8-15(9-11-16)6-4-3-5-7-15/h13H,3-12H2,1-2H3. The summed E-state index contributed by atoms with van der Waals surface area (Å²) in [6.45, 7) is 5.17. The van der Waals surface area contributed by atoms with Crippen LogP contribution in [-0.4, -0.2) is 37.6 Å². The molecule has 0 radical (unpaired) electrons. The Labute approximate surface area is 111 Å². The highest BCUT2D eigenvalue weighted by Crippen LogP contribution is 2.44. The van der Waals surface area contributed by atoms with Gasteiger partial charge in [-0.05, 0) is 44.2 Å². The first-order chi connectivity index (χ1) is 8.65. The van der Waals surface area contributed by atoms with E-state index in [4.69, 9.17) is 4.74 Å². The number of rotatable bonds is 3. The predicted molar refractivity (Wildman–Crippen MR) is 72.4 cm³/mol. The van der Waals surface area contributed by atoms with Crippen molar-refractivity contribution < 1.29 is 9.53 Å². The van der Waals surface area contributed by atoms with Gasteiger partial charge in [-0.25, -0.2) is 0 Å². The van der Waals surface area contributed by atoms with E-state index < -0.39 is 0 Å². The summed E-state index contributed by atoms with van der Waals surface area (Å²) in [6.07, 6.45) is 9.84. The number of carbonyl (C=O) groups excluding carboxylic acids is 1. The molecule has 0 aromatic heterocycles. The Morgan fingerprint density at radius 2 is 1.78 bits per heavy atom. The quantitative estimate of drug-likeness (QED) is 0.724. The van der Waals surface area contributed by atoms with Crippen molar-refractivity contribution in [2.45, 2.75) is 51.9 Å². The molecule has 0 aromatic rings. The van der Waals surface area contributed by atoms with Gasteiger partial charge in [-0.1, -0.05) is 26.2 Å². The summed E-state index contributed by atoms with van der Waals surface area (Å²) in [7, 11) is 1.48. The van der Waals surface area contributed by atoms with Gasteiger partial charge in [-0.3, -0.25) is 4.79 Å². The van der Waals surface area contributed by atoms with E-state index in [9.17, 15) is 4.79 Å². The van der Waals surface area contributed by atoms with Crippen LogP contribution in [0.1, 0.15) is 51.9 Å². The Hall–Kier alpha value is -0.570. The number of ether oxygens (including phenoxy) is 1. The Balaban J connectivity index is 1.77. The van der Waals surface area contributed by atoms with E-state index in [1.54, 1.807) is 0 Å². The Morgan fingerprint density at radius 1 is 1.17 bits per heavy atom. The number of hydrogen-bond donors (Lipinski definition) is 0. The fraction of sp³-hybridized carbons (Fsp3) is 0.933. The molecule has 1 spiro atoms. The number of likely N-dealkylation sites (tertiary alicyclic amines) is 1. The van der Waals surface area contributed by atoms with Crippen molar-refractivity contribution in [3.63, 3.8) is 0 Å². The van der Waals surface area contributed by atoms with Gasteiger partial charge in [0, 0.05) is 6.54 Å². The second-order valence-electron chi connectivity index (χ2n) is 6.29. The third-order valence-electron chi connectivity index (χ3n) is 4.97. The average Bonchev–Trinajstić information content (AvgIpc) is 2.41. The molecular weight excluding hydrogens is 226 g/mol. The highest BCUT2D eigenvalue weighted by molar-refractivity contribution is 5.72. The lowest BCUT2D eigenvalue weighted by Gasteiger charge is -2.44. The lowest BCUT2D eigenvalue weighted by atomic mass is 9.68. The van der Waals surface area contributed by atoms with Crippen molar-refractivity contribution in [2.75, 3.05) is 26.7 Å². The first kappa shape index (κ1) is 13.9. The molecule has 1 saturated carbocycles. The Bertz CT molecular complexity index is 274. The van der Waals surface area contributed by atoms with Gasteiger partial charge in [0.15, 0.2) is 0 Å². The first-order valence-corrected chi connectivity index (χ1v) is 7.45. The van der Waals surface area contributed by atoms with Gasteiger partial charge < -0.3 is 9.64 Å². The molecule has 2 fully saturated rings. The van der Waals surface area contributed by atoms with Crippen molar-refractivity contribution >= 4 is 5.97 Å². The summed E-state index contributed by atoms with van der Waals surface area (Å²) < 4.78 is 4.80. The van der Waals surface area contributed by atoms with Gasteiger partial charge >= 0.3 is 5.97 Å². The maximum absolute atomic E-state index is 11.4. The van der Waals surface area contributed by atoms with E-state index in [0.717, 1.165) is 6.54 Å². The molecule has 0 N–H and O–H groups in total. The molecule has 1 atom stereocenters. The lowest BCUT2D eigenvalue weighted by molar-refractivity contribution is -0.145. The molecule has 3 heteroatoms. The van der Waals surface area contributed by atoms with Crippen molar-refractivity contribution in [3.8, 4) is 0 Å². The van der Waals surface area contributed by atoms with Gasteiger partial charge in [-0.2, -0.15) is 0 Å². The van der Waals surface area contributed by atoms with Crippen molar-refractivity contribution in [2.24, 2.45) is 11.3 Å². The van der Waals surface area contributed by atoms with Crippen LogP contribution in [0.4, 0.5) is 0 Å². The van der Waals surface area contributed by atoms with Crippen LogP contribution < -0.4 is 0 Å². The fourth-order valence-electron chi connectivity index (χ4n) is 3.67. The summed E-state index contributed by atoms with van der Waals surface area (Å²) in [5, 5.41) is 0. The molecule has 0 bridgehead atoms. The highest BCUT2D eigenvalue weighted by atomic mass is 16.5. The van der Waals surface area contributed by atoms with Crippen molar-refractivity contribution in [1.82, 2.24) is 4.90 Å². The van der Waals surface area contributed by atoms with Gasteiger partial charge in [0.1, 0.15) is 0 Å². The van der Waals surface area contributed by atoms with Gasteiger partial charge in [0.25, 0.3) is 0 Å². The molecule has 2 aliphatic rings. The van der Waals surface area contributed by atoms with Gasteiger partial charge in [0.2, 0.25) is 0 Å². The fourth-order valence-corrected chi connectivity index (χ4v) is 3.67. The molecule has 2 rings (SSSR count). The summed E-state index contributed by atoms with van der Waals surface area (Å²) in [4.78, 5) is 13.9. The zero-order chi connectivity index (χ0) is 13.0. The van der Waals surface area contributed by atoms with E-state index in [1.165, 1.54) is 65.1 Å². The second-order valence-corrected chi connectivity index (χ2v) is 6.29. The monoisotopic (exact) mass is 253 g/mol. The van der Waals surface area contributed by atoms with Crippen LogP contribution in [0.3, 0.4) is 0 Å². The van der Waals surface area contributed by atoms with E-state index in [2.05, 4.69) is 4.90 Å². The molecule has 1 heterocycles. The lowest BCUT2D eigenvalue weighted by Crippen LogP contribution is -2.43. The summed E-state index contributed by atoms with van der Waals surface area (Å²) in [5.74, 6) is -0.0663. The Morgan fingerprint density at radius 3 is 2.33 bits per heavy atom. The van der Waals surface area contributed by atoms with Crippen LogP contribution in [0.15, 0.2) is 0 Å². The van der Waals surface area contributed by atoms with E-state index >= 15 is 0 Å². The molecule has 1 aliphatic carbocycles. The predicted octanol–water partition coefficient (Wildman–Crippen LogP) is 2.84. The minimum absolute atomic E-state index is 0.00964. The minimum Gasteiger partial charge on any atom is -0.469 e. The molecular formula is C15H27NO2. The van der Waals surface area contributed by atoms with Crippen molar-refractivity contribution in [3.05, 3.63) is 0 Å². The van der Waals surface area contributed by atoms with Crippen LogP contribution in [-0.2, 0) is 9.53 Å². The summed E-state index contributed by atoms with van der Waals surface area (Å²) in [6, 6.07) is 0. The zero-order valence-electron chi connectivity index (χ0n) is 11.9. The molecule has 1 unspecified atom stereocenters. The minimum atomic E-state index is -0.0760. The molecule has 3 nitrogen and oxygen atoms in total. The largest absolute Gasteiger partial charge is 0.469 e. The van der Waals surface area contributed by atoms with E-state index in [-0.39, 0.29) is 11.9 Å². The SMILES string of the molecule is COC(=O)C(C)CN1CCC2(CCCCC2)CC1. The molecule has 0 amide bonds. The smallest absolute Gasteiger partial charge is 0.309 e. The number of nitrogens with zero attached hydrogens (tertiary/aromatic N) is 1. The second kappa shape index (κ2) is 6.05. The summed E-state index contributed by atoms with van der Waals surface area (Å²) >= 11 is 0. The van der Waals surface area contributed by atoms with Crippen LogP contribution in [0.2, 0.25) is 0 Å². The highest BCUT2D eigenvalue weighted by Gasteiger charge is 2.35. The number of carbonyl (C=O) groups is 1. The number of piperidine rings is 1. The van der Waals surface area contributed by atoms with Crippen LogP contribution >= 0.6 is 0 Å². The van der Waals surface area contributed by atoms with Crippen molar-refractivity contribution in [1.29, 1.82) is 0 Å². The molecule has 104 valence electrons. The van der Waals surface area contributed by atoms with Crippen LogP contribution in [0.5, 0.6) is 0 Å². The molecule has 18 heavy (non-hydrogen) atoms. The van der Waals surface area contributed by atoms with E-state index in [0.29, 0.717) is 5.41 Å². The molecule has 1 saturated heterocycles. The number of methoxy groups -OCH3 is 1. The zero-order valence-corrected chi connectivity index (χ0v) is 11.9. The van der Waals surface area contributed by atoms with E-state index in [1.807, 2.05) is 6.92 Å². The third-order valence-corrected chi connectivity index (χ3v) is 4.97.